The van der Waals surface area contributed by atoms with E-state index in [1.165, 1.54) is 0 Å². The Morgan fingerprint density at radius 2 is 1.88 bits per heavy atom. The van der Waals surface area contributed by atoms with Gasteiger partial charge in [0, 0.05) is 35.0 Å². The van der Waals surface area contributed by atoms with Gasteiger partial charge >= 0.3 is 0 Å². The predicted molar refractivity (Wildman–Crippen MR) is 98.4 cm³/mol. The molecule has 0 N–H and O–H groups in total. The molecule has 3 fully saturated rings. The van der Waals surface area contributed by atoms with E-state index < -0.39 is 16.6 Å². The summed E-state index contributed by atoms with van der Waals surface area (Å²) < 4.78 is 12.4. The van der Waals surface area contributed by atoms with Crippen molar-refractivity contribution >= 4 is 12.1 Å². The first-order valence-electron chi connectivity index (χ1n) is 9.90. The molecule has 1 aliphatic heterocycles. The molecule has 1 heterocycles. The highest BCUT2D eigenvalue weighted by Gasteiger charge is 2.71. The summed E-state index contributed by atoms with van der Waals surface area (Å²) >= 11 is 0. The smallest absolute Gasteiger partial charge is 0.173 e. The lowest BCUT2D eigenvalue weighted by molar-refractivity contribution is -0.235. The van der Waals surface area contributed by atoms with Crippen LogP contribution in [0.25, 0.3) is 0 Å². The van der Waals surface area contributed by atoms with Crippen molar-refractivity contribution in [3.63, 3.8) is 0 Å². The largest absolute Gasteiger partial charge is 0.347 e. The molecule has 0 amide bonds. The maximum Gasteiger partial charge on any atom is 0.173 e. The van der Waals surface area contributed by atoms with Crippen molar-refractivity contribution in [1.29, 1.82) is 0 Å². The molecule has 1 spiro atoms. The van der Waals surface area contributed by atoms with E-state index in [9.17, 15) is 9.59 Å². The molecule has 0 aromatic heterocycles. The highest BCUT2D eigenvalue weighted by molar-refractivity contribution is 5.89. The van der Waals surface area contributed by atoms with E-state index in [0.29, 0.717) is 19.6 Å². The topological polar surface area (TPSA) is 52.6 Å². The Bertz CT molecular complexity index is 688. The van der Waals surface area contributed by atoms with E-state index in [4.69, 9.17) is 9.47 Å². The highest BCUT2D eigenvalue weighted by atomic mass is 16.7. The van der Waals surface area contributed by atoms with Gasteiger partial charge in [-0.1, -0.05) is 32.9 Å². The standard InChI is InChI=1S/C22H30O4/c1-5-19(3)12-16(14-23)21-7-6-15(2)20(4,17(24)13-19)18(21)22(9-8-21)25-10-11-26-22/h5,12,14-15,18H,1,6-11,13H2,2-4H3/b16-12-/t15-,18?,19+,20+,21?/m1/s1. The molecule has 5 atom stereocenters. The zero-order valence-corrected chi connectivity index (χ0v) is 16.2. The third-order valence-corrected chi connectivity index (χ3v) is 8.13. The van der Waals surface area contributed by atoms with E-state index in [1.54, 1.807) is 0 Å². The number of hydrogen-bond donors (Lipinski definition) is 0. The maximum absolute atomic E-state index is 13.7. The van der Waals surface area contributed by atoms with Crippen LogP contribution in [-0.2, 0) is 19.1 Å². The molecule has 1 saturated heterocycles. The van der Waals surface area contributed by atoms with Crippen LogP contribution in [0, 0.1) is 28.1 Å². The Morgan fingerprint density at radius 3 is 2.50 bits per heavy atom. The number of carbonyl (C=O) groups excluding carboxylic acids is 2. The second-order valence-corrected chi connectivity index (χ2v) is 9.35. The summed E-state index contributed by atoms with van der Waals surface area (Å²) in [6.45, 7) is 11.4. The first-order chi connectivity index (χ1) is 12.3. The minimum Gasteiger partial charge on any atom is -0.347 e. The summed E-state index contributed by atoms with van der Waals surface area (Å²) in [7, 11) is 0. The molecule has 0 aromatic carbocycles. The van der Waals surface area contributed by atoms with Gasteiger partial charge in [0.05, 0.1) is 13.2 Å². The van der Waals surface area contributed by atoms with E-state index >= 15 is 0 Å². The molecule has 142 valence electrons. The molecule has 2 bridgehead atoms. The van der Waals surface area contributed by atoms with Crippen LogP contribution in [0.5, 0.6) is 0 Å². The monoisotopic (exact) mass is 358 g/mol. The van der Waals surface area contributed by atoms with Crippen LogP contribution in [0.4, 0.5) is 0 Å². The van der Waals surface area contributed by atoms with Gasteiger partial charge in [-0.2, -0.15) is 0 Å². The van der Waals surface area contributed by atoms with Gasteiger partial charge in [-0.05, 0) is 30.8 Å². The number of carbonyl (C=O) groups is 2. The van der Waals surface area contributed by atoms with Gasteiger partial charge in [-0.25, -0.2) is 0 Å². The molecule has 4 aliphatic rings. The van der Waals surface area contributed by atoms with E-state index in [0.717, 1.165) is 37.5 Å². The second-order valence-electron chi connectivity index (χ2n) is 9.35. The van der Waals surface area contributed by atoms with Crippen LogP contribution in [0.2, 0.25) is 0 Å². The second kappa shape index (κ2) is 5.62. The van der Waals surface area contributed by atoms with Crippen molar-refractivity contribution < 1.29 is 19.1 Å². The van der Waals surface area contributed by atoms with Gasteiger partial charge in [0.25, 0.3) is 0 Å². The normalized spacial score (nSPS) is 49.0. The first-order valence-corrected chi connectivity index (χ1v) is 9.90. The third-order valence-electron chi connectivity index (χ3n) is 8.13. The Morgan fingerprint density at radius 1 is 1.19 bits per heavy atom. The van der Waals surface area contributed by atoms with Gasteiger partial charge in [0.1, 0.15) is 12.1 Å². The number of aldehydes is 1. The average molecular weight is 358 g/mol. The highest BCUT2D eigenvalue weighted by Crippen LogP contribution is 2.70. The summed E-state index contributed by atoms with van der Waals surface area (Å²) in [5.41, 5.74) is -0.567. The van der Waals surface area contributed by atoms with Crippen molar-refractivity contribution in [3.05, 3.63) is 24.3 Å². The van der Waals surface area contributed by atoms with Gasteiger partial charge in [-0.3, -0.25) is 9.59 Å². The lowest BCUT2D eigenvalue weighted by Crippen LogP contribution is -2.60. The van der Waals surface area contributed by atoms with Crippen LogP contribution in [-0.4, -0.2) is 31.1 Å². The van der Waals surface area contributed by atoms with Crippen molar-refractivity contribution in [2.24, 2.45) is 28.1 Å². The lowest BCUT2D eigenvalue weighted by Gasteiger charge is -2.57. The molecule has 2 saturated carbocycles. The van der Waals surface area contributed by atoms with Crippen LogP contribution in [0.15, 0.2) is 24.3 Å². The number of allylic oxidation sites excluding steroid dienone is 3. The Hall–Kier alpha value is -1.26. The molecule has 0 aromatic rings. The fourth-order valence-electron chi connectivity index (χ4n) is 6.51. The van der Waals surface area contributed by atoms with Crippen LogP contribution in [0.1, 0.15) is 52.9 Å². The number of ether oxygens (including phenoxy) is 2. The van der Waals surface area contributed by atoms with E-state index in [2.05, 4.69) is 20.4 Å². The number of rotatable bonds is 2. The minimum absolute atomic E-state index is 0.105. The van der Waals surface area contributed by atoms with Crippen molar-refractivity contribution in [3.8, 4) is 0 Å². The summed E-state index contributed by atoms with van der Waals surface area (Å²) in [4.78, 5) is 25.9. The molecular formula is C22H30O4. The summed E-state index contributed by atoms with van der Waals surface area (Å²) in [5, 5.41) is 0. The van der Waals surface area contributed by atoms with Gasteiger partial charge in [0.2, 0.25) is 0 Å². The van der Waals surface area contributed by atoms with Gasteiger partial charge < -0.3 is 9.47 Å². The Balaban J connectivity index is 2.00. The van der Waals surface area contributed by atoms with Crippen molar-refractivity contribution in [2.45, 2.75) is 58.7 Å². The first kappa shape index (κ1) is 18.1. The summed E-state index contributed by atoms with van der Waals surface area (Å²) in [5.74, 6) is -0.339. The van der Waals surface area contributed by atoms with Gasteiger partial charge in [0.15, 0.2) is 5.79 Å². The van der Waals surface area contributed by atoms with E-state index in [-0.39, 0.29) is 23.0 Å². The molecule has 2 unspecified atom stereocenters. The molecule has 4 heteroatoms. The van der Waals surface area contributed by atoms with Crippen molar-refractivity contribution in [1.82, 2.24) is 0 Å². The maximum atomic E-state index is 13.7. The molecule has 4 nitrogen and oxygen atoms in total. The van der Waals surface area contributed by atoms with Crippen LogP contribution >= 0.6 is 0 Å². The number of Topliss-reactive ketones (excluding diaryl/α,β-unsaturated/α-hetero) is 1. The molecule has 4 rings (SSSR count). The summed E-state index contributed by atoms with van der Waals surface area (Å²) in [6, 6.07) is 0. The zero-order chi connectivity index (χ0) is 18.8. The molecular weight excluding hydrogens is 328 g/mol. The lowest BCUT2D eigenvalue weighted by atomic mass is 9.46. The number of ketones is 1. The van der Waals surface area contributed by atoms with Gasteiger partial charge in [-0.15, -0.1) is 6.58 Å². The van der Waals surface area contributed by atoms with Crippen LogP contribution < -0.4 is 0 Å². The predicted octanol–water partition coefficient (Wildman–Crippen LogP) is 3.85. The molecule has 0 radical (unpaired) electrons. The fraction of sp³-hybridized carbons (Fsp3) is 0.727. The zero-order valence-electron chi connectivity index (χ0n) is 16.2. The third kappa shape index (κ3) is 2.09. The SMILES string of the molecule is C=C[C@@]1(C)/C=C(/C=O)C23CC[C@@H](C)[C@@](C)(C(=O)C1)C2C1(CC3)OCCO1. The van der Waals surface area contributed by atoms with Crippen molar-refractivity contribution in [2.75, 3.05) is 13.2 Å². The minimum atomic E-state index is -0.719. The molecule has 26 heavy (non-hydrogen) atoms. The van der Waals surface area contributed by atoms with E-state index in [1.807, 2.05) is 19.1 Å². The molecule has 3 aliphatic carbocycles. The Kier molecular flexibility index (Phi) is 3.92. The van der Waals surface area contributed by atoms with Crippen LogP contribution in [0.3, 0.4) is 0 Å². The quantitative estimate of drug-likeness (QED) is 0.556. The average Bonchev–Trinajstić information content (AvgIpc) is 3.22. The summed E-state index contributed by atoms with van der Waals surface area (Å²) in [6.07, 6.45) is 8.68. The Labute approximate surface area is 156 Å². The fourth-order valence-corrected chi connectivity index (χ4v) is 6.51. The number of hydrogen-bond acceptors (Lipinski definition) is 4.